The summed E-state index contributed by atoms with van der Waals surface area (Å²) in [5, 5.41) is 13.2. The summed E-state index contributed by atoms with van der Waals surface area (Å²) in [6.07, 6.45) is 10.9. The second-order valence-corrected chi connectivity index (χ2v) is 18.9. The number of carbonyl (C=O) groups is 5. The minimum Gasteiger partial charge on any atom is -0.461 e. The molecule has 3 aromatic carbocycles. The van der Waals surface area contributed by atoms with Crippen molar-refractivity contribution in [3.05, 3.63) is 95.2 Å². The van der Waals surface area contributed by atoms with Gasteiger partial charge >= 0.3 is 12.1 Å². The van der Waals surface area contributed by atoms with Crippen LogP contribution >= 0.6 is 0 Å². The van der Waals surface area contributed by atoms with E-state index in [2.05, 4.69) is 48.6 Å². The number of hydrogen-bond donors (Lipinski definition) is 4. The maximum Gasteiger partial charge on any atom is 0.407 e. The van der Waals surface area contributed by atoms with Crippen LogP contribution < -0.4 is 30.9 Å². The molecular formula is C51H48F2N10O7. The third-order valence-electron chi connectivity index (χ3n) is 14.6. The van der Waals surface area contributed by atoms with Gasteiger partial charge in [-0.1, -0.05) is 42.3 Å². The fourth-order valence-corrected chi connectivity index (χ4v) is 11.3. The number of terminal acetylenes is 1. The molecule has 8 heterocycles. The summed E-state index contributed by atoms with van der Waals surface area (Å²) in [5.41, 5.74) is 1.70. The van der Waals surface area contributed by atoms with Gasteiger partial charge in [-0.05, 0) is 68.2 Å². The summed E-state index contributed by atoms with van der Waals surface area (Å²) in [7, 11) is 0. The molecule has 0 spiro atoms. The summed E-state index contributed by atoms with van der Waals surface area (Å²) in [5.74, 6) is -0.669. The zero-order valence-corrected chi connectivity index (χ0v) is 38.0. The maximum atomic E-state index is 17.2. The van der Waals surface area contributed by atoms with Gasteiger partial charge in [0.25, 0.3) is 11.8 Å². The first-order valence-electron chi connectivity index (χ1n) is 23.5. The molecule has 5 atom stereocenters. The van der Waals surface area contributed by atoms with Gasteiger partial charge in [-0.15, -0.1) is 6.42 Å². The Morgan fingerprint density at radius 3 is 2.59 bits per heavy atom. The van der Waals surface area contributed by atoms with Crippen molar-refractivity contribution in [2.45, 2.75) is 74.7 Å². The largest absolute Gasteiger partial charge is 0.461 e. The Hall–Kier alpha value is -7.56. The van der Waals surface area contributed by atoms with Crippen LogP contribution in [-0.2, 0) is 14.3 Å². The van der Waals surface area contributed by atoms with E-state index in [0.717, 1.165) is 23.3 Å². The standard InChI is InChI=1S/C51H48F2N10O7/c1-3-33-38(52)12-7-28-5-4-6-35(41(28)33)43-42(53)44-37(21-56-43)45(61-23-30-8-9-31(24-61)57-30)60-49(59-44)70-26-51-16-15-32(62(51)22-27(2)20-51)25-69-50(68)55-18-17-54-29-10-11-34-36(19-29)48(67)63(47(34)66)39-13-14-40(64)58-46(39)65/h1,4-7,10-12,19,21,30-32,39,54,57H,2,8-9,13-18,20,22-26H2,(H,55,68)(H,58,64,65)/t30?,31?,32-,39?,51-/m0/s1. The lowest BCUT2D eigenvalue weighted by Gasteiger charge is -2.35. The average Bonchev–Trinajstić information content (AvgIpc) is 4.05. The van der Waals surface area contributed by atoms with Crippen molar-refractivity contribution in [3.8, 4) is 29.6 Å². The average molecular weight is 951 g/mol. The maximum absolute atomic E-state index is 17.2. The van der Waals surface area contributed by atoms with Gasteiger partial charge in [0.1, 0.15) is 42.1 Å². The Morgan fingerprint density at radius 1 is 0.971 bits per heavy atom. The smallest absolute Gasteiger partial charge is 0.407 e. The molecule has 0 saturated carbocycles. The molecule has 6 aliphatic heterocycles. The summed E-state index contributed by atoms with van der Waals surface area (Å²) >= 11 is 0. The van der Waals surface area contributed by atoms with E-state index in [-0.39, 0.29) is 91.2 Å². The predicted molar refractivity (Wildman–Crippen MR) is 253 cm³/mol. The molecular weight excluding hydrogens is 903 g/mol. The zero-order chi connectivity index (χ0) is 48.4. The number of halogens is 2. The van der Waals surface area contributed by atoms with E-state index >= 15 is 8.78 Å². The highest BCUT2D eigenvalue weighted by atomic mass is 19.1. The number of carbonyl (C=O) groups excluding carboxylic acids is 5. The molecule has 70 heavy (non-hydrogen) atoms. The Morgan fingerprint density at radius 2 is 1.79 bits per heavy atom. The normalized spacial score (nSPS) is 24.0. The van der Waals surface area contributed by atoms with Gasteiger partial charge in [0, 0.05) is 80.1 Å². The Kier molecular flexibility index (Phi) is 11.4. The molecule has 5 aromatic rings. The van der Waals surface area contributed by atoms with Crippen molar-refractivity contribution in [1.82, 2.24) is 40.7 Å². The number of anilines is 2. The molecule has 5 amide bonds. The van der Waals surface area contributed by atoms with Crippen LogP contribution in [0.25, 0.3) is 32.9 Å². The van der Waals surface area contributed by atoms with Gasteiger partial charge in [-0.25, -0.2) is 13.6 Å². The monoisotopic (exact) mass is 950 g/mol. The number of rotatable bonds is 12. The molecule has 2 aromatic heterocycles. The van der Waals surface area contributed by atoms with Crippen molar-refractivity contribution in [1.29, 1.82) is 0 Å². The van der Waals surface area contributed by atoms with Crippen LogP contribution in [-0.4, -0.2) is 130 Å². The minimum atomic E-state index is -1.06. The molecule has 2 bridgehead atoms. The molecule has 4 N–H and O–H groups in total. The number of nitrogens with one attached hydrogen (secondary N) is 4. The van der Waals surface area contributed by atoms with Crippen LogP contribution in [0.1, 0.15) is 71.2 Å². The number of benzene rings is 3. The van der Waals surface area contributed by atoms with E-state index in [1.807, 2.05) is 0 Å². The summed E-state index contributed by atoms with van der Waals surface area (Å²) < 4.78 is 44.4. The molecule has 0 radical (unpaired) electrons. The molecule has 0 aliphatic carbocycles. The zero-order valence-electron chi connectivity index (χ0n) is 38.0. The van der Waals surface area contributed by atoms with Crippen molar-refractivity contribution in [3.63, 3.8) is 0 Å². The highest BCUT2D eigenvalue weighted by Gasteiger charge is 2.52. The van der Waals surface area contributed by atoms with Crippen LogP contribution in [0, 0.1) is 24.0 Å². The van der Waals surface area contributed by atoms with Crippen LogP contribution in [0.3, 0.4) is 0 Å². The molecule has 5 saturated heterocycles. The van der Waals surface area contributed by atoms with Crippen LogP contribution in [0.4, 0.5) is 25.1 Å². The quantitative estimate of drug-likeness (QED) is 0.0574. The van der Waals surface area contributed by atoms with E-state index < -0.39 is 52.9 Å². The topological polar surface area (TPSA) is 200 Å². The SMILES string of the molecule is C#Cc1c(F)ccc2cccc(-c3ncc4c(N5CC6CCC(C5)N6)nc(OC[C@@]56CC[C@@H](COC(=O)NCCNc7ccc8c(c7)C(=O)N(C7CCC(=O)NC7=O)C8=O)N5CC(=C)C6)nc4c3F)c12. The number of amides is 5. The first kappa shape index (κ1) is 44.9. The van der Waals surface area contributed by atoms with E-state index in [0.29, 0.717) is 72.1 Å². The van der Waals surface area contributed by atoms with Gasteiger partial charge in [-0.3, -0.25) is 39.3 Å². The second-order valence-electron chi connectivity index (χ2n) is 18.9. The molecule has 6 aliphatic rings. The van der Waals surface area contributed by atoms with Gasteiger partial charge in [0.15, 0.2) is 5.82 Å². The number of imide groups is 2. The summed E-state index contributed by atoms with van der Waals surface area (Å²) in [4.78, 5) is 82.8. The number of pyridine rings is 1. The second kappa shape index (κ2) is 17.8. The molecule has 358 valence electrons. The van der Waals surface area contributed by atoms with Crippen LogP contribution in [0.15, 0.2) is 66.9 Å². The van der Waals surface area contributed by atoms with Gasteiger partial charge in [0.2, 0.25) is 11.8 Å². The van der Waals surface area contributed by atoms with Gasteiger partial charge in [0.05, 0.1) is 27.6 Å². The third-order valence-corrected chi connectivity index (χ3v) is 14.6. The van der Waals surface area contributed by atoms with Gasteiger partial charge in [-0.2, -0.15) is 9.97 Å². The minimum absolute atomic E-state index is 0.00593. The number of fused-ring (bicyclic) bond motifs is 6. The first-order chi connectivity index (χ1) is 33.9. The number of alkyl carbamates (subject to hydrolysis) is 1. The summed E-state index contributed by atoms with van der Waals surface area (Å²) in [6.45, 7) is 6.94. The Balaban J connectivity index is 0.753. The fourth-order valence-electron chi connectivity index (χ4n) is 11.3. The highest BCUT2D eigenvalue weighted by molar-refractivity contribution is 6.23. The van der Waals surface area contributed by atoms with Crippen molar-refractivity contribution in [2.75, 3.05) is 56.2 Å². The van der Waals surface area contributed by atoms with E-state index in [9.17, 15) is 24.0 Å². The van der Waals surface area contributed by atoms with Crippen molar-refractivity contribution in [2.24, 2.45) is 0 Å². The molecule has 17 nitrogen and oxygen atoms in total. The predicted octanol–water partition coefficient (Wildman–Crippen LogP) is 4.83. The highest BCUT2D eigenvalue weighted by Crippen LogP contribution is 2.45. The molecule has 3 unspecified atom stereocenters. The van der Waals surface area contributed by atoms with Crippen molar-refractivity contribution >= 4 is 62.9 Å². The van der Waals surface area contributed by atoms with E-state index in [1.165, 1.54) is 18.2 Å². The lowest BCUT2D eigenvalue weighted by Crippen LogP contribution is -2.54. The third kappa shape index (κ3) is 7.90. The molecule has 5 fully saturated rings. The summed E-state index contributed by atoms with van der Waals surface area (Å²) in [6, 6.07) is 12.1. The van der Waals surface area contributed by atoms with Crippen LogP contribution in [0.2, 0.25) is 0 Å². The Labute approximate surface area is 400 Å². The number of piperazine rings is 1. The first-order valence-corrected chi connectivity index (χ1v) is 23.5. The number of aromatic nitrogens is 3. The number of ether oxygens (including phenoxy) is 2. The molecule has 11 rings (SSSR count). The number of piperidine rings is 1. The van der Waals surface area contributed by atoms with Crippen molar-refractivity contribution < 1.29 is 42.2 Å². The number of hydrogen-bond acceptors (Lipinski definition) is 14. The van der Waals surface area contributed by atoms with E-state index in [1.54, 1.807) is 36.5 Å². The lowest BCUT2D eigenvalue weighted by atomic mass is 9.94. The molecule has 19 heteroatoms. The fraction of sp³-hybridized carbons (Fsp3) is 0.373. The van der Waals surface area contributed by atoms with E-state index in [4.69, 9.17) is 25.9 Å². The number of nitrogens with zero attached hydrogens (tertiary/aromatic N) is 6. The van der Waals surface area contributed by atoms with Gasteiger partial charge < -0.3 is 30.3 Å². The van der Waals surface area contributed by atoms with Crippen LogP contribution in [0.5, 0.6) is 6.01 Å². The Bertz CT molecular complexity index is 3110. The lowest BCUT2D eigenvalue weighted by molar-refractivity contribution is -0.136.